The second-order valence-corrected chi connectivity index (χ2v) is 29.6. The summed E-state index contributed by atoms with van der Waals surface area (Å²) >= 11 is 0. The Bertz CT molecular complexity index is 6630. The van der Waals surface area contributed by atoms with Gasteiger partial charge in [-0.25, -0.2) is 47.9 Å². The van der Waals surface area contributed by atoms with E-state index in [0.717, 1.165) is 0 Å². The molecule has 28 N–H and O–H groups in total. The summed E-state index contributed by atoms with van der Waals surface area (Å²) in [4.78, 5) is 164. The van der Waals surface area contributed by atoms with Crippen LogP contribution >= 0.6 is 0 Å². The highest BCUT2D eigenvalue weighted by atomic mass is 16.8. The number of fused-ring (bicyclic) bond motifs is 3. The fraction of sp³-hybridized carbons (Fsp3) is 0.183. The molecule has 0 aromatic heterocycles. The maximum atomic E-state index is 15.9. The Morgan fingerprint density at radius 2 is 0.741 bits per heavy atom. The SMILES string of the molecule is O=C1O[C@H]2[C@H]3OC(=O)c4cc(O)c(O)c(O)c4-c4c(cc(O)c(O)c4Oc4c(C(=O)O[C@H]5[C@H](OC(=O)c6cc(O)c(O)c(O)c6)O[C@H](COC(=O)c6cc(O)c(O)c(O)c6)[C@@H](OC(=O)c6cc(O)c(O)c(O)c6)[C@@H]5OC(=O)c5cc(O)c(O)c(O)c5)cc(O)c(O)c4O)C(=O)OC[C@H]2O[C@@H](OC(=O)c2cc(O)c(O)c(O)c2)[C@@H]3OC(=O)c2cc(O)c(O)c3c2[C@@H]2C1=CC(=O)C(O)(O)[C@]2(O)O3. The van der Waals surface area contributed by atoms with Crippen molar-refractivity contribution in [3.63, 3.8) is 0 Å². The zero-order chi connectivity index (χ0) is 98.3. The fourth-order valence-corrected chi connectivity index (χ4v) is 14.7. The molecule has 6 aliphatic rings. The third-order valence-electron chi connectivity index (χ3n) is 21.3. The predicted octanol–water partition coefficient (Wildman–Crippen LogP) is 0.985. The van der Waals surface area contributed by atoms with Gasteiger partial charge in [0.1, 0.15) is 31.0 Å². The highest BCUT2D eigenvalue weighted by molar-refractivity contribution is 6.11. The minimum absolute atomic E-state index is 0.00713. The van der Waals surface area contributed by atoms with Crippen molar-refractivity contribution in [3.8, 4) is 172 Å². The lowest BCUT2D eigenvalue weighted by Crippen LogP contribution is -2.66. The zero-order valence-electron chi connectivity index (χ0n) is 66.2. The number of carbonyl (C=O) groups excluding carboxylic acids is 11. The number of cyclic esters (lactones) is 1. The number of phenols is 25. The molecule has 53 nitrogen and oxygen atoms in total. The summed E-state index contributed by atoms with van der Waals surface area (Å²) in [5.74, 6) is -75.6. The number of ketones is 1. The molecule has 12 atom stereocenters. The summed E-state index contributed by atoms with van der Waals surface area (Å²) in [5, 5.41) is 308. The summed E-state index contributed by atoms with van der Waals surface area (Å²) < 4.78 is 80.2. The van der Waals surface area contributed by atoms with Crippen molar-refractivity contribution >= 4 is 65.5 Å². The van der Waals surface area contributed by atoms with Crippen LogP contribution in [0.5, 0.6) is 161 Å². The second-order valence-electron chi connectivity index (χ2n) is 29.6. The van der Waals surface area contributed by atoms with E-state index >= 15 is 24.0 Å². The van der Waals surface area contributed by atoms with E-state index in [9.17, 15) is 172 Å². The van der Waals surface area contributed by atoms with Crippen LogP contribution in [0, 0.1) is 0 Å². The van der Waals surface area contributed by atoms with E-state index < -0.39 is 391 Å². The van der Waals surface area contributed by atoms with E-state index in [1.54, 1.807) is 0 Å². The van der Waals surface area contributed by atoms with Crippen LogP contribution in [0.25, 0.3) is 11.1 Å². The van der Waals surface area contributed by atoms with Crippen molar-refractivity contribution in [2.45, 2.75) is 78.9 Å². The van der Waals surface area contributed by atoms with Crippen molar-refractivity contribution in [2.75, 3.05) is 13.2 Å². The lowest BCUT2D eigenvalue weighted by atomic mass is 9.74. The Hall–Kier alpha value is -18.5. The second kappa shape index (κ2) is 33.2. The Morgan fingerprint density at radius 3 is 1.24 bits per heavy atom. The highest BCUT2D eigenvalue weighted by Gasteiger charge is 2.71. The van der Waals surface area contributed by atoms with E-state index in [-0.39, 0.29) is 30.3 Å². The summed E-state index contributed by atoms with van der Waals surface area (Å²) in [7, 11) is 0. The van der Waals surface area contributed by atoms with Crippen molar-refractivity contribution in [3.05, 3.63) is 152 Å². The number of hydrogen-bond donors (Lipinski definition) is 28. The molecule has 9 aromatic carbocycles. The van der Waals surface area contributed by atoms with Gasteiger partial charge in [-0.1, -0.05) is 0 Å². The van der Waals surface area contributed by atoms with Crippen LogP contribution in [0.3, 0.4) is 0 Å². The molecule has 15 rings (SSSR count). The monoisotopic (exact) mass is 1890 g/mol. The lowest BCUT2D eigenvalue weighted by molar-refractivity contribution is -0.323. The molecule has 704 valence electrons. The van der Waals surface area contributed by atoms with Crippen LogP contribution in [0.1, 0.15) is 105 Å². The first-order valence-electron chi connectivity index (χ1n) is 37.5. The third kappa shape index (κ3) is 15.5. The first kappa shape index (κ1) is 91.2. The molecule has 0 spiro atoms. The Morgan fingerprint density at radius 1 is 0.348 bits per heavy atom. The molecule has 0 radical (unpaired) electrons. The number of aromatic hydroxyl groups is 25. The quantitative estimate of drug-likeness (QED) is 0.0294. The Kier molecular flexibility index (Phi) is 22.4. The van der Waals surface area contributed by atoms with Crippen LogP contribution in [-0.2, 0) is 66.4 Å². The molecule has 9 aromatic rings. The molecule has 0 unspecified atom stereocenters. The molecule has 135 heavy (non-hydrogen) atoms. The zero-order valence-corrected chi connectivity index (χ0v) is 66.2. The van der Waals surface area contributed by atoms with Gasteiger partial charge in [0.2, 0.25) is 59.3 Å². The van der Waals surface area contributed by atoms with Crippen LogP contribution < -0.4 is 9.47 Å². The van der Waals surface area contributed by atoms with E-state index in [0.29, 0.717) is 60.7 Å². The minimum Gasteiger partial charge on any atom is -0.504 e. The Balaban J connectivity index is 0.894. The van der Waals surface area contributed by atoms with Gasteiger partial charge in [0.25, 0.3) is 11.6 Å². The van der Waals surface area contributed by atoms with Crippen molar-refractivity contribution in [2.24, 2.45) is 0 Å². The van der Waals surface area contributed by atoms with Gasteiger partial charge in [-0.15, -0.1) is 0 Å². The summed E-state index contributed by atoms with van der Waals surface area (Å²) in [6, 6.07) is 4.42. The molecule has 2 saturated heterocycles. The van der Waals surface area contributed by atoms with Crippen LogP contribution in [-0.4, -0.2) is 295 Å². The average Bonchev–Trinajstić information content (AvgIpc) is 1.53. The number of rotatable bonds is 15. The van der Waals surface area contributed by atoms with E-state index in [2.05, 4.69) is 0 Å². The van der Waals surface area contributed by atoms with Gasteiger partial charge in [0.05, 0.1) is 56.0 Å². The smallest absolute Gasteiger partial charge is 0.342 e. The van der Waals surface area contributed by atoms with Gasteiger partial charge in [-0.2, -0.15) is 0 Å². The first-order valence-corrected chi connectivity index (χ1v) is 37.5. The summed E-state index contributed by atoms with van der Waals surface area (Å²) in [6.45, 7) is -3.31. The number of phenolic OH excluding ortho intramolecular Hbond substituents is 25. The van der Waals surface area contributed by atoms with Gasteiger partial charge in [-0.3, -0.25) is 4.79 Å². The molecular weight excluding hydrogens is 1830 g/mol. The average molecular weight is 1890 g/mol. The van der Waals surface area contributed by atoms with Gasteiger partial charge in [0.15, 0.2) is 157 Å². The molecule has 0 saturated carbocycles. The topological polar surface area (TPSA) is 883 Å². The van der Waals surface area contributed by atoms with Gasteiger partial charge in [0, 0.05) is 22.8 Å². The summed E-state index contributed by atoms with van der Waals surface area (Å²) in [5.41, 5.74) is -17.0. The molecule has 53 heteroatoms. The first-order chi connectivity index (χ1) is 63.4. The normalized spacial score (nSPS) is 21.8. The van der Waals surface area contributed by atoms with Crippen molar-refractivity contribution < 1.29 is 262 Å². The standard InChI is InChI=1S/C82H58O53/c83-28-1-18(2-29(84)49(28)98)69(109)122-16-42-61(127-70(110)19-3-30(85)50(99)31(86)4-19)65(129-71(111)20-5-32(87)51(100)33(88)6-20)67(79(124-42)133-72(112)21-7-34(89)52(101)35(90)8-21)132-78(118)27-14-39(94)55(104)59(108)60(27)126-63-46-24(12-40(95)56(63)105)74(114)123-17-43-62-66(130-75(115)23-11-38(93)54(103)58(107)45(23)46)68(80(125-43)134-73(113)22-9-36(91)53(102)37(92)10-22)131-76(116)25-13-41(96)57(106)64-47(25)48-26(77(117)128-62)15-44(97)81(119,120)82(48,121)135-64/h1-15,42-43,48,61-62,65-68,79-80,83-96,98-108,119-121H,16-17H2/t42-,43-,48+,61-,62-,65+,66-,67-,68-,79+,80+,82-/m1/s1. The van der Waals surface area contributed by atoms with Crippen molar-refractivity contribution in [1.82, 2.24) is 0 Å². The molecule has 5 heterocycles. The number of esters is 10. The predicted molar refractivity (Wildman–Crippen MR) is 412 cm³/mol. The number of carbonyl (C=O) groups is 11. The van der Waals surface area contributed by atoms with E-state index in [1.165, 1.54) is 0 Å². The van der Waals surface area contributed by atoms with Crippen LogP contribution in [0.15, 0.2) is 96.6 Å². The summed E-state index contributed by atoms with van der Waals surface area (Å²) in [6.07, 6.45) is -29.0. The molecule has 1 aliphatic carbocycles. The van der Waals surface area contributed by atoms with Gasteiger partial charge >= 0.3 is 59.7 Å². The molecule has 5 aliphatic heterocycles. The Labute approximate surface area is 741 Å². The maximum absolute atomic E-state index is 15.9. The number of hydrogen-bond acceptors (Lipinski definition) is 53. The van der Waals surface area contributed by atoms with Gasteiger partial charge < -0.3 is 209 Å². The van der Waals surface area contributed by atoms with Crippen LogP contribution in [0.4, 0.5) is 0 Å². The number of aliphatic hydroxyl groups is 3. The largest absolute Gasteiger partial charge is 0.504 e. The minimum atomic E-state index is -4.23. The molecule has 4 bridgehead atoms. The van der Waals surface area contributed by atoms with E-state index in [4.69, 9.17) is 66.3 Å². The molecule has 0 amide bonds. The van der Waals surface area contributed by atoms with Crippen LogP contribution in [0.2, 0.25) is 0 Å². The van der Waals surface area contributed by atoms with Crippen molar-refractivity contribution in [1.29, 1.82) is 0 Å². The van der Waals surface area contributed by atoms with Gasteiger partial charge in [-0.05, 0) is 84.9 Å². The number of ether oxygens (including phenoxy) is 14. The van der Waals surface area contributed by atoms with E-state index in [1.807, 2.05) is 0 Å². The highest BCUT2D eigenvalue weighted by Crippen LogP contribution is 2.62. The molecular formula is C82H58O53. The molecule has 2 fully saturated rings. The fourth-order valence-electron chi connectivity index (χ4n) is 14.7. The lowest BCUT2D eigenvalue weighted by Gasteiger charge is -2.44. The third-order valence-corrected chi connectivity index (χ3v) is 21.3. The maximum Gasteiger partial charge on any atom is 0.342 e. The number of benzene rings is 9.